The van der Waals surface area contributed by atoms with Crippen LogP contribution in [0, 0.1) is 13.8 Å². The van der Waals surface area contributed by atoms with Gasteiger partial charge in [0, 0.05) is 75.6 Å². The Morgan fingerprint density at radius 1 is 0.489 bits per heavy atom. The van der Waals surface area contributed by atoms with Crippen LogP contribution in [-0.4, -0.2) is 160 Å². The summed E-state index contributed by atoms with van der Waals surface area (Å²) in [6.07, 6.45) is 1.42. The van der Waals surface area contributed by atoms with Crippen LogP contribution in [0.25, 0.3) is 0 Å². The fourth-order valence-electron chi connectivity index (χ4n) is 11.9. The molecule has 2 spiro atoms. The summed E-state index contributed by atoms with van der Waals surface area (Å²) in [5.74, 6) is -1.36. The first kappa shape index (κ1) is 72.3. The van der Waals surface area contributed by atoms with E-state index < -0.39 is 66.4 Å². The van der Waals surface area contributed by atoms with E-state index in [2.05, 4.69) is 20.6 Å². The lowest BCUT2D eigenvalue weighted by molar-refractivity contribution is -0.138. The Hall–Kier alpha value is -7.16. The van der Waals surface area contributed by atoms with Crippen LogP contribution in [0.5, 0.6) is 11.5 Å². The molecule has 2 saturated heterocycles. The first-order valence-corrected chi connectivity index (χ1v) is 33.6. The van der Waals surface area contributed by atoms with Crippen molar-refractivity contribution in [3.8, 4) is 11.5 Å². The first-order chi connectivity index (χ1) is 42.5. The molecule has 10 aliphatic heterocycles. The monoisotopic (exact) mass is 1330 g/mol. The normalized spacial score (nSPS) is 24.3. The number of carbonyl (C=O) groups excluding carboxylic acids is 4. The van der Waals surface area contributed by atoms with Gasteiger partial charge >= 0.3 is 12.4 Å². The van der Waals surface area contributed by atoms with E-state index in [1.807, 2.05) is 32.1 Å². The lowest BCUT2D eigenvalue weighted by Gasteiger charge is -2.34. The van der Waals surface area contributed by atoms with Crippen LogP contribution in [0.1, 0.15) is 157 Å². The Morgan fingerprint density at radius 3 is 1.33 bits per heavy atom. The average Bonchev–Trinajstić information content (AvgIpc) is 1.66. The number of amides is 4. The third-order valence-electron chi connectivity index (χ3n) is 17.5. The summed E-state index contributed by atoms with van der Waals surface area (Å²) in [6.45, 7) is 5.41. The van der Waals surface area contributed by atoms with Gasteiger partial charge in [-0.05, 0) is 167 Å². The number of piperidine rings is 2. The molecule has 18 nitrogen and oxygen atoms in total. The second-order valence-electron chi connectivity index (χ2n) is 23.9. The van der Waals surface area contributed by atoms with Crippen molar-refractivity contribution in [2.45, 2.75) is 142 Å². The number of ether oxygens (including phenoxy) is 2. The molecule has 92 heavy (non-hydrogen) atoms. The molecule has 4 aromatic rings. The van der Waals surface area contributed by atoms with E-state index >= 15 is 0 Å². The fourth-order valence-corrected chi connectivity index (χ4v) is 14.9. The van der Waals surface area contributed by atoms with Crippen LogP contribution in [0.3, 0.4) is 0 Å². The second kappa shape index (κ2) is 29.8. The van der Waals surface area contributed by atoms with Crippen molar-refractivity contribution in [3.05, 3.63) is 141 Å². The maximum atomic E-state index is 13.8. The average molecular weight is 1330 g/mol. The summed E-state index contributed by atoms with van der Waals surface area (Å²) in [5, 5.41) is 5.28. The second-order valence-corrected chi connectivity index (χ2v) is 28.1. The number of fused-ring (bicyclic) bond motifs is 4. The van der Waals surface area contributed by atoms with E-state index in [1.165, 1.54) is 20.7 Å². The summed E-state index contributed by atoms with van der Waals surface area (Å²) in [7, 11) is -3.86. The van der Waals surface area contributed by atoms with Gasteiger partial charge in [-0.25, -0.2) is 25.4 Å². The number of hydrogen-bond donors (Lipinski definition) is 2. The van der Waals surface area contributed by atoms with E-state index in [0.717, 1.165) is 78.6 Å². The van der Waals surface area contributed by atoms with Crippen LogP contribution in [0.4, 0.5) is 26.3 Å². The molecule has 0 aromatic heterocycles. The number of hydrogen-bond acceptors (Lipinski definition) is 12. The number of benzene rings is 4. The molecule has 0 atom stereocenters. The number of halogens is 6. The predicted octanol–water partition coefficient (Wildman–Crippen LogP) is 10.5. The third-order valence-corrected chi connectivity index (χ3v) is 21.2. The summed E-state index contributed by atoms with van der Waals surface area (Å²) in [4.78, 5) is 64.6. The Kier molecular flexibility index (Phi) is 23.4. The number of sulfonamides is 2. The molecule has 502 valence electrons. The highest BCUT2D eigenvalue weighted by Crippen LogP contribution is 2.39. The number of carbonyl (C=O) groups is 4. The standard InChI is InChI=1S/C32H39F3N4O5S.C32H37F3N4O5S.2CH4/c2*1-22-18-24-9-8-23(22)10-17-45(42,43)39-14-11-31(12-15-39)30(41)36-28(37-31)25-19-26(32(33,34)35)21-27(20-25)44-16-7-5-3-4-6-13-38(2)29(24)40;;/h8-9,18-21H,3-7,10-17H2,1-2H3,(H,36,37,41);3,5,8-9,18-21H,4,6-7,10-17H2,1-2H3,(H,36,37,41);2*1H4. The van der Waals surface area contributed by atoms with E-state index in [0.29, 0.717) is 43.5 Å². The van der Waals surface area contributed by atoms with Gasteiger partial charge in [0.25, 0.3) is 23.6 Å². The number of amidine groups is 2. The molecule has 2 N–H and O–H groups in total. The Bertz CT molecular complexity index is 3690. The number of nitrogens with one attached hydrogen (secondary N) is 2. The highest BCUT2D eigenvalue weighted by Gasteiger charge is 2.49. The Morgan fingerprint density at radius 2 is 0.891 bits per heavy atom. The van der Waals surface area contributed by atoms with Crippen LogP contribution in [-0.2, 0) is 54.8 Å². The van der Waals surface area contributed by atoms with Crippen molar-refractivity contribution in [1.82, 2.24) is 29.0 Å². The van der Waals surface area contributed by atoms with Gasteiger partial charge in [-0.15, -0.1) is 0 Å². The van der Waals surface area contributed by atoms with Gasteiger partial charge in [-0.3, -0.25) is 29.2 Å². The summed E-state index contributed by atoms with van der Waals surface area (Å²) in [5.41, 5.74) is 0.201. The Labute approximate surface area is 536 Å². The lowest BCUT2D eigenvalue weighted by Crippen LogP contribution is -2.50. The number of alkyl halides is 6. The topological polar surface area (TPSA) is 217 Å². The molecule has 14 rings (SSSR count). The first-order valence-electron chi connectivity index (χ1n) is 30.4. The molecule has 0 saturated carbocycles. The highest BCUT2D eigenvalue weighted by molar-refractivity contribution is 7.89. The maximum Gasteiger partial charge on any atom is 0.416 e. The molecule has 0 unspecified atom stereocenters. The molecule has 10 aliphatic rings. The van der Waals surface area contributed by atoms with Crippen molar-refractivity contribution in [2.75, 3.05) is 78.1 Å². The smallest absolute Gasteiger partial charge is 0.416 e. The van der Waals surface area contributed by atoms with Gasteiger partial charge in [-0.1, -0.05) is 58.4 Å². The molecule has 2 fully saturated rings. The molecule has 10 heterocycles. The molecule has 14 bridgehead atoms. The maximum absolute atomic E-state index is 13.8. The minimum Gasteiger partial charge on any atom is -0.494 e. The lowest BCUT2D eigenvalue weighted by atomic mass is 9.89. The van der Waals surface area contributed by atoms with Gasteiger partial charge in [0.15, 0.2) is 0 Å². The third kappa shape index (κ3) is 17.3. The van der Waals surface area contributed by atoms with E-state index in [4.69, 9.17) is 9.47 Å². The molecule has 0 aliphatic carbocycles. The minimum atomic E-state index is -4.65. The quantitative estimate of drug-likeness (QED) is 0.125. The molecule has 4 amide bonds. The zero-order valence-corrected chi connectivity index (χ0v) is 52.5. The van der Waals surface area contributed by atoms with Crippen LogP contribution in [0.2, 0.25) is 0 Å². The number of allylic oxidation sites excluding steroid dienone is 1. The van der Waals surface area contributed by atoms with Gasteiger partial charge in [-0.2, -0.15) is 26.3 Å². The molecule has 4 aromatic carbocycles. The minimum absolute atomic E-state index is 0. The van der Waals surface area contributed by atoms with Crippen molar-refractivity contribution in [2.24, 2.45) is 9.98 Å². The SMILES string of the molecule is C.C.Cc1cc2ccc1CCS(=O)(=O)N1CCC3(CC1)N=C(NC3=O)c1cc(cc(C(F)(F)F)c1)OCCC=CCCCN(C)C2=O.Cc1cc2ccc1CCS(=O)(=O)N1CCC3(CC1)N=C(NC3=O)c1cc(cc(C(F)(F)F)c1)OCCCCCCCN(C)C2=O. The van der Waals surface area contributed by atoms with Crippen molar-refractivity contribution in [3.63, 3.8) is 0 Å². The molecular formula is C66H84F6N8O10S2. The molecule has 0 radical (unpaired) electrons. The number of aliphatic imine (C=N–C) groups is 2. The summed E-state index contributed by atoms with van der Waals surface area (Å²) < 4.78 is 150. The van der Waals surface area contributed by atoms with Crippen molar-refractivity contribution < 1.29 is 71.8 Å². The van der Waals surface area contributed by atoms with Gasteiger partial charge < -0.3 is 29.9 Å². The highest BCUT2D eigenvalue weighted by atomic mass is 32.2. The largest absolute Gasteiger partial charge is 0.494 e. The van der Waals surface area contributed by atoms with Crippen LogP contribution >= 0.6 is 0 Å². The zero-order chi connectivity index (χ0) is 64.8. The molecular weight excluding hydrogens is 1240 g/mol. The van der Waals surface area contributed by atoms with Gasteiger partial charge in [0.1, 0.15) is 34.2 Å². The van der Waals surface area contributed by atoms with Crippen molar-refractivity contribution in [1.29, 1.82) is 0 Å². The predicted molar refractivity (Wildman–Crippen MR) is 341 cm³/mol. The summed E-state index contributed by atoms with van der Waals surface area (Å²) >= 11 is 0. The van der Waals surface area contributed by atoms with Crippen LogP contribution < -0.4 is 20.1 Å². The van der Waals surface area contributed by atoms with Gasteiger partial charge in [0.2, 0.25) is 20.0 Å². The summed E-state index contributed by atoms with van der Waals surface area (Å²) in [6, 6.07) is 17.2. The number of nitrogens with zero attached hydrogens (tertiary/aromatic N) is 6. The fraction of sp³-hybridized carbons (Fsp3) is 0.515. The zero-order valence-electron chi connectivity index (χ0n) is 50.9. The number of aryl methyl sites for hydroxylation is 4. The molecule has 26 heteroatoms. The van der Waals surface area contributed by atoms with Crippen LogP contribution in [0.15, 0.2) is 94.9 Å². The van der Waals surface area contributed by atoms with Gasteiger partial charge in [0.05, 0.1) is 35.8 Å². The Balaban J connectivity index is 0.000000255. The van der Waals surface area contributed by atoms with E-state index in [9.17, 15) is 62.4 Å². The van der Waals surface area contributed by atoms with E-state index in [-0.39, 0.29) is 150 Å². The number of rotatable bonds is 0. The van der Waals surface area contributed by atoms with Crippen molar-refractivity contribution >= 4 is 55.3 Å². The van der Waals surface area contributed by atoms with E-state index in [1.54, 1.807) is 54.2 Å².